The molecule has 0 amide bonds. The van der Waals surface area contributed by atoms with Gasteiger partial charge in [-0.25, -0.2) is 4.98 Å². The van der Waals surface area contributed by atoms with Gasteiger partial charge in [0.1, 0.15) is 0 Å². The predicted octanol–water partition coefficient (Wildman–Crippen LogP) is 2.79. The van der Waals surface area contributed by atoms with E-state index in [0.29, 0.717) is 12.1 Å². The van der Waals surface area contributed by atoms with Crippen molar-refractivity contribution in [3.05, 3.63) is 16.1 Å². The van der Waals surface area contributed by atoms with Gasteiger partial charge in [-0.15, -0.1) is 11.3 Å². The Morgan fingerprint density at radius 2 is 2.29 bits per heavy atom. The van der Waals surface area contributed by atoms with Gasteiger partial charge in [-0.3, -0.25) is 0 Å². The van der Waals surface area contributed by atoms with Crippen LogP contribution in [0.5, 0.6) is 0 Å². The number of methoxy groups -OCH3 is 1. The minimum Gasteiger partial charge on any atom is -0.382 e. The lowest BCUT2D eigenvalue weighted by Crippen LogP contribution is -2.35. The first kappa shape index (κ1) is 14.6. The molecule has 0 spiro atoms. The summed E-state index contributed by atoms with van der Waals surface area (Å²) in [6.07, 6.45) is 3.49. The number of hydrogen-bond donors (Lipinski definition) is 1. The van der Waals surface area contributed by atoms with E-state index < -0.39 is 0 Å². The van der Waals surface area contributed by atoms with Gasteiger partial charge in [0.2, 0.25) is 0 Å². The van der Waals surface area contributed by atoms with Crippen molar-refractivity contribution < 1.29 is 4.74 Å². The van der Waals surface area contributed by atoms with Crippen molar-refractivity contribution in [2.24, 2.45) is 0 Å². The summed E-state index contributed by atoms with van der Waals surface area (Å²) in [6.45, 7) is 7.42. The molecule has 0 fully saturated rings. The number of aromatic nitrogens is 1. The van der Waals surface area contributed by atoms with Crippen LogP contribution in [0.1, 0.15) is 37.4 Å². The highest BCUT2D eigenvalue weighted by Crippen LogP contribution is 2.13. The van der Waals surface area contributed by atoms with Crippen molar-refractivity contribution in [3.63, 3.8) is 0 Å². The molecule has 1 aromatic heterocycles. The molecule has 1 heterocycles. The van der Waals surface area contributed by atoms with Crippen molar-refractivity contribution in [2.45, 2.75) is 52.2 Å². The molecule has 0 aromatic carbocycles. The van der Waals surface area contributed by atoms with Crippen LogP contribution in [0, 0.1) is 6.92 Å². The first-order chi connectivity index (χ1) is 8.15. The minimum absolute atomic E-state index is 0.295. The molecular weight excluding hydrogens is 232 g/mol. The molecule has 98 valence electrons. The Morgan fingerprint density at radius 3 is 2.82 bits per heavy atom. The largest absolute Gasteiger partial charge is 0.382 e. The standard InChI is InChI=1S/C13H24N2OS/c1-5-6-14-12(7-10(2)16-4)8-13-9-17-11(3)15-13/h9-10,12,14H,5-8H2,1-4H3. The molecule has 3 nitrogen and oxygen atoms in total. The Morgan fingerprint density at radius 1 is 1.53 bits per heavy atom. The lowest BCUT2D eigenvalue weighted by molar-refractivity contribution is 0.100. The summed E-state index contributed by atoms with van der Waals surface area (Å²) in [5.41, 5.74) is 1.20. The highest BCUT2D eigenvalue weighted by molar-refractivity contribution is 7.09. The van der Waals surface area contributed by atoms with E-state index in [0.717, 1.165) is 30.8 Å². The fraction of sp³-hybridized carbons (Fsp3) is 0.769. The van der Waals surface area contributed by atoms with Crippen LogP contribution >= 0.6 is 11.3 Å². The third-order valence-electron chi connectivity index (χ3n) is 2.82. The number of thiazole rings is 1. The topological polar surface area (TPSA) is 34.2 Å². The average molecular weight is 256 g/mol. The molecule has 2 atom stereocenters. The van der Waals surface area contributed by atoms with Crippen LogP contribution in [0.2, 0.25) is 0 Å². The summed E-state index contributed by atoms with van der Waals surface area (Å²) < 4.78 is 5.35. The first-order valence-electron chi connectivity index (χ1n) is 6.32. The molecule has 4 heteroatoms. The Bertz CT molecular complexity index is 314. The monoisotopic (exact) mass is 256 g/mol. The van der Waals surface area contributed by atoms with Gasteiger partial charge >= 0.3 is 0 Å². The predicted molar refractivity (Wildman–Crippen MR) is 73.7 cm³/mol. The molecular formula is C13H24N2OS. The second-order valence-electron chi connectivity index (χ2n) is 4.50. The molecule has 17 heavy (non-hydrogen) atoms. The fourth-order valence-electron chi connectivity index (χ4n) is 1.84. The summed E-state index contributed by atoms with van der Waals surface area (Å²) in [4.78, 5) is 4.53. The van der Waals surface area contributed by atoms with Gasteiger partial charge in [0.15, 0.2) is 0 Å². The number of rotatable bonds is 8. The highest BCUT2D eigenvalue weighted by Gasteiger charge is 2.14. The number of ether oxygens (including phenoxy) is 1. The van der Waals surface area contributed by atoms with E-state index in [1.54, 1.807) is 18.4 Å². The molecule has 0 aliphatic carbocycles. The maximum atomic E-state index is 5.35. The van der Waals surface area contributed by atoms with Crippen molar-refractivity contribution in [2.75, 3.05) is 13.7 Å². The van der Waals surface area contributed by atoms with Crippen LogP contribution in [0.3, 0.4) is 0 Å². The van der Waals surface area contributed by atoms with Gasteiger partial charge in [0, 0.05) is 25.0 Å². The van der Waals surface area contributed by atoms with E-state index in [1.807, 2.05) is 0 Å². The normalized spacial score (nSPS) is 14.8. The van der Waals surface area contributed by atoms with Crippen LogP contribution in [0.4, 0.5) is 0 Å². The molecule has 1 aromatic rings. The van der Waals surface area contributed by atoms with Gasteiger partial charge < -0.3 is 10.1 Å². The summed E-state index contributed by atoms with van der Waals surface area (Å²) in [6, 6.07) is 0.464. The van der Waals surface area contributed by atoms with Gasteiger partial charge in [-0.2, -0.15) is 0 Å². The maximum Gasteiger partial charge on any atom is 0.0897 e. The number of nitrogens with zero attached hydrogens (tertiary/aromatic N) is 1. The number of aryl methyl sites for hydroxylation is 1. The van der Waals surface area contributed by atoms with Gasteiger partial charge in [-0.05, 0) is 33.2 Å². The molecule has 0 saturated heterocycles. The van der Waals surface area contributed by atoms with E-state index in [9.17, 15) is 0 Å². The van der Waals surface area contributed by atoms with Crippen LogP contribution in [0.15, 0.2) is 5.38 Å². The SMILES string of the molecule is CCCNC(Cc1csc(C)n1)CC(C)OC. The van der Waals surface area contributed by atoms with Crippen LogP contribution in [0.25, 0.3) is 0 Å². The summed E-state index contributed by atoms with van der Waals surface area (Å²) >= 11 is 1.72. The lowest BCUT2D eigenvalue weighted by Gasteiger charge is -2.20. The smallest absolute Gasteiger partial charge is 0.0897 e. The van der Waals surface area contributed by atoms with Crippen molar-refractivity contribution in [1.82, 2.24) is 10.3 Å². The second-order valence-corrected chi connectivity index (χ2v) is 5.56. The van der Waals surface area contributed by atoms with Gasteiger partial charge in [0.05, 0.1) is 16.8 Å². The zero-order valence-corrected chi connectivity index (χ0v) is 12.1. The minimum atomic E-state index is 0.295. The van der Waals surface area contributed by atoms with Crippen molar-refractivity contribution in [1.29, 1.82) is 0 Å². The Labute approximate surface area is 109 Å². The number of hydrogen-bond acceptors (Lipinski definition) is 4. The fourth-order valence-corrected chi connectivity index (χ4v) is 2.46. The van der Waals surface area contributed by atoms with E-state index in [-0.39, 0.29) is 0 Å². The van der Waals surface area contributed by atoms with Gasteiger partial charge in [0.25, 0.3) is 0 Å². The zero-order chi connectivity index (χ0) is 12.7. The van der Waals surface area contributed by atoms with Gasteiger partial charge in [-0.1, -0.05) is 6.92 Å². The third kappa shape index (κ3) is 5.61. The summed E-state index contributed by atoms with van der Waals surface area (Å²) in [7, 11) is 1.77. The highest BCUT2D eigenvalue weighted by atomic mass is 32.1. The van der Waals surface area contributed by atoms with Crippen LogP contribution in [-0.2, 0) is 11.2 Å². The Kier molecular flexibility index (Phi) is 6.70. The number of nitrogens with one attached hydrogen (secondary N) is 1. The molecule has 0 aliphatic heterocycles. The molecule has 0 aliphatic rings. The third-order valence-corrected chi connectivity index (χ3v) is 3.65. The van der Waals surface area contributed by atoms with E-state index in [2.05, 4.69) is 36.5 Å². The average Bonchev–Trinajstić information content (AvgIpc) is 2.71. The van der Waals surface area contributed by atoms with Crippen molar-refractivity contribution >= 4 is 11.3 Å². The van der Waals surface area contributed by atoms with Crippen LogP contribution < -0.4 is 5.32 Å². The molecule has 0 bridgehead atoms. The van der Waals surface area contributed by atoms with E-state index in [4.69, 9.17) is 4.74 Å². The molecule has 0 radical (unpaired) electrons. The summed E-state index contributed by atoms with van der Waals surface area (Å²) in [5, 5.41) is 6.88. The Hall–Kier alpha value is -0.450. The van der Waals surface area contributed by atoms with E-state index in [1.165, 1.54) is 5.69 Å². The quantitative estimate of drug-likeness (QED) is 0.776. The van der Waals surface area contributed by atoms with Crippen molar-refractivity contribution in [3.8, 4) is 0 Å². The van der Waals surface area contributed by atoms with Crippen LogP contribution in [-0.4, -0.2) is 30.8 Å². The second kappa shape index (κ2) is 7.80. The lowest BCUT2D eigenvalue weighted by atomic mass is 10.1. The first-order valence-corrected chi connectivity index (χ1v) is 7.20. The van der Waals surface area contributed by atoms with E-state index >= 15 is 0 Å². The molecule has 0 saturated carbocycles. The zero-order valence-electron chi connectivity index (χ0n) is 11.3. The molecule has 1 rings (SSSR count). The summed E-state index contributed by atoms with van der Waals surface area (Å²) in [5.74, 6) is 0. The molecule has 2 unspecified atom stereocenters. The maximum absolute atomic E-state index is 5.35. The Balaban J connectivity index is 2.50. The molecule has 1 N–H and O–H groups in total.